The zero-order chi connectivity index (χ0) is 24.5. The van der Waals surface area contributed by atoms with Gasteiger partial charge in [-0.2, -0.15) is 0 Å². The Morgan fingerprint density at radius 2 is 1.74 bits per heavy atom. The van der Waals surface area contributed by atoms with Crippen LogP contribution in [-0.2, 0) is 17.6 Å². The second kappa shape index (κ2) is 9.62. The third-order valence-electron chi connectivity index (χ3n) is 6.93. The first-order valence-electron chi connectivity index (χ1n) is 11.7. The van der Waals surface area contributed by atoms with Crippen molar-refractivity contribution in [1.82, 2.24) is 10.2 Å². The van der Waals surface area contributed by atoms with Gasteiger partial charge in [0.05, 0.1) is 26.2 Å². The molecule has 0 radical (unpaired) electrons. The molecule has 0 bridgehead atoms. The Morgan fingerprint density at radius 1 is 1.03 bits per heavy atom. The number of hydrogen-bond acceptors (Lipinski definition) is 4. The molecular formula is C28H27ClN2O4. The van der Waals surface area contributed by atoms with Gasteiger partial charge in [0, 0.05) is 23.7 Å². The zero-order valence-corrected chi connectivity index (χ0v) is 20.5. The van der Waals surface area contributed by atoms with E-state index in [0.29, 0.717) is 48.0 Å². The fraction of sp³-hybridized carbons (Fsp3) is 0.286. The lowest BCUT2D eigenvalue weighted by atomic mass is 9.75. The van der Waals surface area contributed by atoms with E-state index in [2.05, 4.69) is 5.32 Å². The minimum absolute atomic E-state index is 0.0451. The van der Waals surface area contributed by atoms with Gasteiger partial charge in [-0.15, -0.1) is 0 Å². The highest BCUT2D eigenvalue weighted by molar-refractivity contribution is 6.30. The minimum Gasteiger partial charge on any atom is -0.493 e. The SMILES string of the molecule is COc1cc2c(cc1OC)[C@@H]1[C@H](C(=O)NCCc3ccc(Cl)cc3)c3ccccc3C(=O)N1CC2. The molecule has 0 spiro atoms. The van der Waals surface area contributed by atoms with Crippen molar-refractivity contribution in [1.29, 1.82) is 0 Å². The first-order valence-corrected chi connectivity index (χ1v) is 12.1. The molecule has 2 heterocycles. The average Bonchev–Trinajstić information content (AvgIpc) is 2.89. The van der Waals surface area contributed by atoms with Gasteiger partial charge in [0.25, 0.3) is 5.91 Å². The van der Waals surface area contributed by atoms with E-state index in [-0.39, 0.29) is 11.8 Å². The van der Waals surface area contributed by atoms with E-state index in [4.69, 9.17) is 21.1 Å². The van der Waals surface area contributed by atoms with Gasteiger partial charge in [-0.05, 0) is 65.4 Å². The van der Waals surface area contributed by atoms with E-state index in [1.165, 1.54) is 0 Å². The number of carbonyl (C=O) groups is 2. The summed E-state index contributed by atoms with van der Waals surface area (Å²) in [5.41, 5.74) is 4.43. The van der Waals surface area contributed by atoms with Gasteiger partial charge >= 0.3 is 0 Å². The van der Waals surface area contributed by atoms with E-state index in [9.17, 15) is 9.59 Å². The summed E-state index contributed by atoms with van der Waals surface area (Å²) in [6.45, 7) is 1.02. The van der Waals surface area contributed by atoms with Crippen molar-refractivity contribution < 1.29 is 19.1 Å². The molecule has 0 saturated heterocycles. The number of ether oxygens (including phenoxy) is 2. The van der Waals surface area contributed by atoms with Crippen LogP contribution in [0, 0.1) is 0 Å². The molecule has 2 aliphatic heterocycles. The summed E-state index contributed by atoms with van der Waals surface area (Å²) in [6, 6.07) is 18.5. The van der Waals surface area contributed by atoms with Crippen LogP contribution in [0.15, 0.2) is 60.7 Å². The largest absolute Gasteiger partial charge is 0.493 e. The van der Waals surface area contributed by atoms with Crippen molar-refractivity contribution in [3.05, 3.63) is 93.5 Å². The number of methoxy groups -OCH3 is 2. The van der Waals surface area contributed by atoms with Gasteiger partial charge in [0.2, 0.25) is 5.91 Å². The van der Waals surface area contributed by atoms with E-state index in [1.807, 2.05) is 65.6 Å². The van der Waals surface area contributed by atoms with E-state index >= 15 is 0 Å². The van der Waals surface area contributed by atoms with Crippen molar-refractivity contribution in [2.24, 2.45) is 0 Å². The maximum absolute atomic E-state index is 13.7. The molecular weight excluding hydrogens is 464 g/mol. The Morgan fingerprint density at radius 3 is 2.49 bits per heavy atom. The molecule has 3 aromatic rings. The summed E-state index contributed by atoms with van der Waals surface area (Å²) in [7, 11) is 3.20. The predicted octanol–water partition coefficient (Wildman–Crippen LogP) is 4.55. The standard InChI is InChI=1S/C28H27ClN2O4/c1-34-23-15-18-12-14-31-26(22(18)16-24(23)35-2)25(20-5-3-4-6-21(20)28(31)33)27(32)30-13-11-17-7-9-19(29)10-8-17/h3-10,15-16,25-26H,11-14H2,1-2H3,(H,30,32)/t25-,26-/m1/s1. The van der Waals surface area contributed by atoms with Gasteiger partial charge in [-0.25, -0.2) is 0 Å². The van der Waals surface area contributed by atoms with Gasteiger partial charge in [-0.1, -0.05) is 41.9 Å². The van der Waals surface area contributed by atoms with Crippen LogP contribution in [0.5, 0.6) is 11.5 Å². The van der Waals surface area contributed by atoms with Crippen LogP contribution in [0.25, 0.3) is 0 Å². The summed E-state index contributed by atoms with van der Waals surface area (Å²) in [5, 5.41) is 3.80. The number of rotatable bonds is 6. The van der Waals surface area contributed by atoms with E-state index in [1.54, 1.807) is 14.2 Å². The van der Waals surface area contributed by atoms with E-state index in [0.717, 1.165) is 22.3 Å². The van der Waals surface area contributed by atoms with Crippen LogP contribution in [-0.4, -0.2) is 44.0 Å². The van der Waals surface area contributed by atoms with Crippen molar-refractivity contribution in [3.63, 3.8) is 0 Å². The lowest BCUT2D eigenvalue weighted by molar-refractivity contribution is -0.124. The maximum Gasteiger partial charge on any atom is 0.254 e. The second-order valence-corrected chi connectivity index (χ2v) is 9.27. The van der Waals surface area contributed by atoms with Crippen LogP contribution in [0.3, 0.4) is 0 Å². The Kier molecular flexibility index (Phi) is 6.39. The number of nitrogens with one attached hydrogen (secondary N) is 1. The lowest BCUT2D eigenvalue weighted by Crippen LogP contribution is -2.50. The van der Waals surface area contributed by atoms with Gasteiger partial charge in [-0.3, -0.25) is 9.59 Å². The summed E-state index contributed by atoms with van der Waals surface area (Å²) in [6.07, 6.45) is 1.37. The summed E-state index contributed by atoms with van der Waals surface area (Å²) in [4.78, 5) is 29.0. The molecule has 0 aliphatic carbocycles. The quantitative estimate of drug-likeness (QED) is 0.550. The summed E-state index contributed by atoms with van der Waals surface area (Å²) < 4.78 is 11.1. The zero-order valence-electron chi connectivity index (χ0n) is 19.7. The topological polar surface area (TPSA) is 67.9 Å². The molecule has 2 aliphatic rings. The van der Waals surface area contributed by atoms with Crippen LogP contribution in [0.2, 0.25) is 5.02 Å². The molecule has 35 heavy (non-hydrogen) atoms. The molecule has 0 saturated carbocycles. The number of carbonyl (C=O) groups excluding carboxylic acids is 2. The molecule has 5 rings (SSSR count). The maximum atomic E-state index is 13.7. The molecule has 2 atom stereocenters. The highest BCUT2D eigenvalue weighted by Gasteiger charge is 2.46. The minimum atomic E-state index is -0.536. The normalized spacial score (nSPS) is 18.3. The van der Waals surface area contributed by atoms with Crippen molar-refractivity contribution in [3.8, 4) is 11.5 Å². The highest BCUT2D eigenvalue weighted by Crippen LogP contribution is 2.48. The van der Waals surface area contributed by atoms with Crippen molar-refractivity contribution in [2.45, 2.75) is 24.8 Å². The molecule has 0 unspecified atom stereocenters. The highest BCUT2D eigenvalue weighted by atomic mass is 35.5. The van der Waals surface area contributed by atoms with Crippen LogP contribution in [0.4, 0.5) is 0 Å². The molecule has 0 fully saturated rings. The first kappa shape index (κ1) is 23.2. The van der Waals surface area contributed by atoms with Gasteiger partial charge in [0.1, 0.15) is 0 Å². The van der Waals surface area contributed by atoms with Crippen LogP contribution < -0.4 is 14.8 Å². The Labute approximate surface area is 209 Å². The third kappa shape index (κ3) is 4.23. The smallest absolute Gasteiger partial charge is 0.254 e. The molecule has 2 amide bonds. The van der Waals surface area contributed by atoms with Gasteiger partial charge in [0.15, 0.2) is 11.5 Å². The lowest BCUT2D eigenvalue weighted by Gasteiger charge is -2.45. The fourth-order valence-electron chi connectivity index (χ4n) is 5.23. The Hall–Kier alpha value is -3.51. The predicted molar refractivity (Wildman–Crippen MR) is 134 cm³/mol. The van der Waals surface area contributed by atoms with Gasteiger partial charge < -0.3 is 19.7 Å². The Balaban J connectivity index is 1.51. The summed E-state index contributed by atoms with van der Waals surface area (Å²) >= 11 is 5.99. The molecule has 1 N–H and O–H groups in total. The molecule has 180 valence electrons. The van der Waals surface area contributed by atoms with Crippen LogP contribution in [0.1, 0.15) is 44.6 Å². The fourth-order valence-corrected chi connectivity index (χ4v) is 5.35. The number of nitrogens with zero attached hydrogens (tertiary/aromatic N) is 1. The monoisotopic (exact) mass is 490 g/mol. The molecule has 3 aromatic carbocycles. The van der Waals surface area contributed by atoms with Crippen molar-refractivity contribution >= 4 is 23.4 Å². The Bertz CT molecular complexity index is 1270. The number of benzene rings is 3. The summed E-state index contributed by atoms with van der Waals surface area (Å²) in [5.74, 6) is 0.548. The number of halogens is 1. The number of hydrogen-bond donors (Lipinski definition) is 1. The van der Waals surface area contributed by atoms with E-state index < -0.39 is 12.0 Å². The van der Waals surface area contributed by atoms with Crippen LogP contribution >= 0.6 is 11.6 Å². The number of fused-ring (bicyclic) bond motifs is 4. The average molecular weight is 491 g/mol. The third-order valence-corrected chi connectivity index (χ3v) is 7.19. The molecule has 0 aromatic heterocycles. The molecule has 7 heteroatoms. The first-order chi connectivity index (χ1) is 17.0. The second-order valence-electron chi connectivity index (χ2n) is 8.83. The number of amides is 2. The molecule has 6 nitrogen and oxygen atoms in total. The van der Waals surface area contributed by atoms with Crippen molar-refractivity contribution in [2.75, 3.05) is 27.3 Å².